The van der Waals surface area contributed by atoms with E-state index in [1.165, 1.54) is 17.4 Å². The Hall–Kier alpha value is -2.01. The molecular formula is C19H23N3OS. The van der Waals surface area contributed by atoms with Gasteiger partial charge in [-0.2, -0.15) is 0 Å². The molecule has 1 fully saturated rings. The smallest absolute Gasteiger partial charge is 0.256 e. The first-order chi connectivity index (χ1) is 11.7. The number of nitrogens with zero attached hydrogens (tertiary/aromatic N) is 3. The molecular weight excluding hydrogens is 318 g/mol. The maximum absolute atomic E-state index is 12.7. The van der Waals surface area contributed by atoms with E-state index in [0.29, 0.717) is 11.5 Å². The van der Waals surface area contributed by atoms with Gasteiger partial charge in [-0.25, -0.2) is 4.98 Å². The van der Waals surface area contributed by atoms with Crippen LogP contribution in [0, 0.1) is 5.92 Å². The van der Waals surface area contributed by atoms with Crippen molar-refractivity contribution in [3.8, 4) is 0 Å². The predicted molar refractivity (Wildman–Crippen MR) is 99.7 cm³/mol. The fraction of sp³-hybridized carbons (Fsp3) is 0.368. The first kappa shape index (κ1) is 16.8. The van der Waals surface area contributed by atoms with Crippen LogP contribution < -0.4 is 4.90 Å². The maximum Gasteiger partial charge on any atom is 0.256 e. The molecule has 0 saturated carbocycles. The Morgan fingerprint density at radius 2 is 2.08 bits per heavy atom. The number of amides is 1. The fourth-order valence-electron chi connectivity index (χ4n) is 3.25. The highest BCUT2D eigenvalue weighted by Gasteiger charge is 2.26. The normalized spacial score (nSPS) is 17.1. The SMILES string of the molecule is CSc1ncccc1C(=O)N(C)C[C@@H]1CCN(c2ccccc2)C1. The molecule has 1 aromatic heterocycles. The molecule has 0 N–H and O–H groups in total. The number of benzene rings is 1. The van der Waals surface area contributed by atoms with Crippen molar-refractivity contribution in [3.05, 3.63) is 54.2 Å². The molecule has 3 rings (SSSR count). The average Bonchev–Trinajstić information content (AvgIpc) is 3.10. The van der Waals surface area contributed by atoms with Gasteiger partial charge in [0, 0.05) is 38.6 Å². The van der Waals surface area contributed by atoms with Gasteiger partial charge in [-0.1, -0.05) is 18.2 Å². The minimum Gasteiger partial charge on any atom is -0.371 e. The number of carbonyl (C=O) groups excluding carboxylic acids is 1. The quantitative estimate of drug-likeness (QED) is 0.781. The largest absolute Gasteiger partial charge is 0.371 e. The molecule has 0 radical (unpaired) electrons. The van der Waals surface area contributed by atoms with E-state index in [4.69, 9.17) is 0 Å². The Labute approximate surface area is 147 Å². The molecule has 1 aromatic carbocycles. The molecule has 5 heteroatoms. The Morgan fingerprint density at radius 1 is 1.29 bits per heavy atom. The summed E-state index contributed by atoms with van der Waals surface area (Å²) in [6, 6.07) is 14.2. The lowest BCUT2D eigenvalue weighted by Gasteiger charge is -2.23. The highest BCUT2D eigenvalue weighted by atomic mass is 32.2. The highest BCUT2D eigenvalue weighted by molar-refractivity contribution is 7.98. The van der Waals surface area contributed by atoms with E-state index >= 15 is 0 Å². The molecule has 1 amide bonds. The Bertz CT molecular complexity index is 692. The number of rotatable bonds is 5. The van der Waals surface area contributed by atoms with Gasteiger partial charge >= 0.3 is 0 Å². The number of aromatic nitrogens is 1. The summed E-state index contributed by atoms with van der Waals surface area (Å²) in [6.45, 7) is 2.84. The summed E-state index contributed by atoms with van der Waals surface area (Å²) in [4.78, 5) is 21.3. The van der Waals surface area contributed by atoms with Gasteiger partial charge in [-0.3, -0.25) is 4.79 Å². The Kier molecular flexibility index (Phi) is 5.41. The van der Waals surface area contributed by atoms with Crippen LogP contribution in [0.25, 0.3) is 0 Å². The minimum atomic E-state index is 0.0608. The van der Waals surface area contributed by atoms with Crippen LogP contribution in [0.15, 0.2) is 53.7 Å². The summed E-state index contributed by atoms with van der Waals surface area (Å²) in [5, 5.41) is 0.798. The van der Waals surface area contributed by atoms with Crippen LogP contribution in [0.1, 0.15) is 16.8 Å². The van der Waals surface area contributed by atoms with Crippen molar-refractivity contribution in [2.75, 3.05) is 37.8 Å². The van der Waals surface area contributed by atoms with Crippen LogP contribution in [0.2, 0.25) is 0 Å². The third kappa shape index (κ3) is 3.73. The van der Waals surface area contributed by atoms with E-state index in [0.717, 1.165) is 31.1 Å². The molecule has 126 valence electrons. The molecule has 24 heavy (non-hydrogen) atoms. The summed E-state index contributed by atoms with van der Waals surface area (Å²) in [7, 11) is 1.89. The van der Waals surface area contributed by atoms with Crippen molar-refractivity contribution >= 4 is 23.4 Å². The Balaban J connectivity index is 1.61. The van der Waals surface area contributed by atoms with Crippen LogP contribution in [0.5, 0.6) is 0 Å². The van der Waals surface area contributed by atoms with Gasteiger partial charge in [0.1, 0.15) is 5.03 Å². The van der Waals surface area contributed by atoms with E-state index in [1.54, 1.807) is 6.20 Å². The van der Waals surface area contributed by atoms with Gasteiger partial charge in [0.25, 0.3) is 5.91 Å². The summed E-state index contributed by atoms with van der Waals surface area (Å²) in [5.74, 6) is 0.569. The van der Waals surface area contributed by atoms with Gasteiger partial charge in [-0.05, 0) is 42.9 Å². The maximum atomic E-state index is 12.7. The molecule has 0 spiro atoms. The highest BCUT2D eigenvalue weighted by Crippen LogP contribution is 2.25. The van der Waals surface area contributed by atoms with Crippen LogP contribution in [0.3, 0.4) is 0 Å². The van der Waals surface area contributed by atoms with Gasteiger partial charge in [0.05, 0.1) is 5.56 Å². The zero-order valence-corrected chi connectivity index (χ0v) is 15.0. The lowest BCUT2D eigenvalue weighted by Crippen LogP contribution is -2.33. The van der Waals surface area contributed by atoms with Crippen molar-refractivity contribution in [1.82, 2.24) is 9.88 Å². The second kappa shape index (κ2) is 7.71. The number of pyridine rings is 1. The summed E-state index contributed by atoms with van der Waals surface area (Å²) < 4.78 is 0. The molecule has 0 aliphatic carbocycles. The Morgan fingerprint density at radius 3 is 2.83 bits per heavy atom. The van der Waals surface area contributed by atoms with Crippen molar-refractivity contribution < 1.29 is 4.79 Å². The standard InChI is InChI=1S/C19H23N3OS/c1-21(19(23)17-9-6-11-20-18(17)24-2)13-15-10-12-22(14-15)16-7-4-3-5-8-16/h3-9,11,15H,10,12-14H2,1-2H3/t15-/m0/s1. The lowest BCUT2D eigenvalue weighted by atomic mass is 10.1. The summed E-state index contributed by atoms with van der Waals surface area (Å²) in [5.41, 5.74) is 1.97. The molecule has 1 aliphatic rings. The number of thioether (sulfide) groups is 1. The fourth-order valence-corrected chi connectivity index (χ4v) is 3.79. The number of hydrogen-bond donors (Lipinski definition) is 0. The molecule has 1 aliphatic heterocycles. The van der Waals surface area contributed by atoms with Gasteiger partial charge < -0.3 is 9.80 Å². The second-order valence-electron chi connectivity index (χ2n) is 6.18. The number of carbonyl (C=O) groups is 1. The number of para-hydroxylation sites is 1. The first-order valence-electron chi connectivity index (χ1n) is 8.23. The topological polar surface area (TPSA) is 36.4 Å². The van der Waals surface area contributed by atoms with Crippen molar-refractivity contribution in [1.29, 1.82) is 0 Å². The van der Waals surface area contributed by atoms with E-state index in [2.05, 4.69) is 34.1 Å². The zero-order chi connectivity index (χ0) is 16.9. The molecule has 2 heterocycles. The van der Waals surface area contributed by atoms with Crippen LogP contribution in [-0.2, 0) is 0 Å². The summed E-state index contributed by atoms with van der Waals surface area (Å²) in [6.07, 6.45) is 4.81. The molecule has 0 unspecified atom stereocenters. The van der Waals surface area contributed by atoms with E-state index in [-0.39, 0.29) is 5.91 Å². The van der Waals surface area contributed by atoms with Crippen molar-refractivity contribution in [3.63, 3.8) is 0 Å². The summed E-state index contributed by atoms with van der Waals surface area (Å²) >= 11 is 1.51. The zero-order valence-electron chi connectivity index (χ0n) is 14.2. The monoisotopic (exact) mass is 341 g/mol. The molecule has 2 aromatic rings. The molecule has 0 bridgehead atoms. The van der Waals surface area contributed by atoms with E-state index in [1.807, 2.05) is 36.4 Å². The van der Waals surface area contributed by atoms with Gasteiger partial charge in [0.15, 0.2) is 0 Å². The van der Waals surface area contributed by atoms with Crippen LogP contribution >= 0.6 is 11.8 Å². The number of hydrogen-bond acceptors (Lipinski definition) is 4. The molecule has 1 atom stereocenters. The van der Waals surface area contributed by atoms with Crippen LogP contribution in [0.4, 0.5) is 5.69 Å². The van der Waals surface area contributed by atoms with E-state index in [9.17, 15) is 4.79 Å². The van der Waals surface area contributed by atoms with Crippen molar-refractivity contribution in [2.45, 2.75) is 11.4 Å². The van der Waals surface area contributed by atoms with Crippen molar-refractivity contribution in [2.24, 2.45) is 5.92 Å². The predicted octanol–water partition coefficient (Wildman–Crippen LogP) is 3.40. The molecule has 4 nitrogen and oxygen atoms in total. The lowest BCUT2D eigenvalue weighted by molar-refractivity contribution is 0.0772. The third-order valence-corrected chi connectivity index (χ3v) is 5.19. The van der Waals surface area contributed by atoms with Gasteiger partial charge in [-0.15, -0.1) is 11.8 Å². The van der Waals surface area contributed by atoms with E-state index < -0.39 is 0 Å². The molecule has 1 saturated heterocycles. The first-order valence-corrected chi connectivity index (χ1v) is 9.46. The average molecular weight is 341 g/mol. The minimum absolute atomic E-state index is 0.0608. The third-order valence-electron chi connectivity index (χ3n) is 4.48. The van der Waals surface area contributed by atoms with Crippen LogP contribution in [-0.4, -0.2) is 48.7 Å². The van der Waals surface area contributed by atoms with Gasteiger partial charge in [0.2, 0.25) is 0 Å². The number of anilines is 1. The second-order valence-corrected chi connectivity index (χ2v) is 6.98.